The van der Waals surface area contributed by atoms with Gasteiger partial charge in [0.05, 0.1) is 15.7 Å². The van der Waals surface area contributed by atoms with Gasteiger partial charge in [0.25, 0.3) is 5.91 Å². The van der Waals surface area contributed by atoms with Crippen LogP contribution in [0.5, 0.6) is 0 Å². The van der Waals surface area contributed by atoms with Crippen molar-refractivity contribution >= 4 is 52.4 Å². The molecule has 2 N–H and O–H groups in total. The number of halogens is 2. The molecule has 22 heavy (non-hydrogen) atoms. The number of anilines is 2. The van der Waals surface area contributed by atoms with Crippen molar-refractivity contribution in [1.29, 1.82) is 0 Å². The van der Waals surface area contributed by atoms with Crippen LogP contribution in [0.1, 0.15) is 17.3 Å². The molecule has 5 nitrogen and oxygen atoms in total. The molecule has 0 aliphatic heterocycles. The Morgan fingerprint density at radius 3 is 2.59 bits per heavy atom. The Hall–Kier alpha value is -1.50. The number of para-hydroxylation sites is 1. The third-order valence-corrected chi connectivity index (χ3v) is 3.93. The molecule has 1 aromatic heterocycles. The van der Waals surface area contributed by atoms with E-state index in [1.807, 2.05) is 13.2 Å². The molecule has 0 radical (unpaired) electrons. The first-order valence-corrected chi connectivity index (χ1v) is 8.45. The fourth-order valence-corrected chi connectivity index (χ4v) is 2.56. The number of nitrogens with one attached hydrogen (secondary N) is 2. The number of nitrogens with zero attached hydrogens (tertiary/aromatic N) is 2. The lowest BCUT2D eigenvalue weighted by Gasteiger charge is -2.12. The predicted molar refractivity (Wildman–Crippen MR) is 92.4 cm³/mol. The lowest BCUT2D eigenvalue weighted by atomic mass is 10.2. The number of carbonyl (C=O) groups excluding carboxylic acids is 1. The van der Waals surface area contributed by atoms with Crippen LogP contribution in [-0.2, 0) is 0 Å². The lowest BCUT2D eigenvalue weighted by molar-refractivity contribution is 0.102. The number of carbonyl (C=O) groups is 1. The van der Waals surface area contributed by atoms with Gasteiger partial charge in [0.1, 0.15) is 11.4 Å². The van der Waals surface area contributed by atoms with Gasteiger partial charge in [-0.15, -0.1) is 0 Å². The fourth-order valence-electron chi connectivity index (χ4n) is 1.73. The molecule has 0 aliphatic rings. The zero-order valence-electron chi connectivity index (χ0n) is 12.0. The minimum atomic E-state index is -0.376. The first-order valence-electron chi connectivity index (χ1n) is 6.47. The van der Waals surface area contributed by atoms with E-state index in [-0.39, 0.29) is 5.91 Å². The molecule has 8 heteroatoms. The molecule has 2 rings (SSSR count). The first kappa shape index (κ1) is 16.9. The standard InChI is InChI=1S/C14H14Cl2N4OS/c1-3-17-12-8(7-18-14(20-12)22-2)13(21)19-11-9(15)5-4-6-10(11)16/h4-7H,3H2,1-2H3,(H,19,21)(H,17,18,20). The van der Waals surface area contributed by atoms with Crippen LogP contribution >= 0.6 is 35.0 Å². The van der Waals surface area contributed by atoms with E-state index in [1.165, 1.54) is 18.0 Å². The molecule has 0 aliphatic carbocycles. The quantitative estimate of drug-likeness (QED) is 0.620. The summed E-state index contributed by atoms with van der Waals surface area (Å²) in [6, 6.07) is 5.02. The first-order chi connectivity index (χ1) is 10.6. The summed E-state index contributed by atoms with van der Waals surface area (Å²) in [6.45, 7) is 2.56. The molecular weight excluding hydrogens is 343 g/mol. The summed E-state index contributed by atoms with van der Waals surface area (Å²) in [5.74, 6) is 0.0983. The van der Waals surface area contributed by atoms with Crippen molar-refractivity contribution in [1.82, 2.24) is 9.97 Å². The molecule has 0 fully saturated rings. The Balaban J connectivity index is 2.33. The van der Waals surface area contributed by atoms with Gasteiger partial charge < -0.3 is 10.6 Å². The number of thioether (sulfide) groups is 1. The van der Waals surface area contributed by atoms with Crippen molar-refractivity contribution in [3.63, 3.8) is 0 Å². The van der Waals surface area contributed by atoms with Gasteiger partial charge in [-0.05, 0) is 25.3 Å². The molecule has 1 amide bonds. The van der Waals surface area contributed by atoms with Crippen LogP contribution in [0.25, 0.3) is 0 Å². The minimum absolute atomic E-state index is 0.329. The molecule has 1 heterocycles. The second-order valence-electron chi connectivity index (χ2n) is 4.20. The van der Waals surface area contributed by atoms with E-state index in [0.717, 1.165) is 0 Å². The molecular formula is C14H14Cl2N4OS. The molecule has 0 atom stereocenters. The zero-order valence-corrected chi connectivity index (χ0v) is 14.3. The number of rotatable bonds is 5. The maximum Gasteiger partial charge on any atom is 0.261 e. The molecule has 0 bridgehead atoms. The SMILES string of the molecule is CCNc1nc(SC)ncc1C(=O)Nc1c(Cl)cccc1Cl. The van der Waals surface area contributed by atoms with Crippen LogP contribution in [0.4, 0.5) is 11.5 Å². The lowest BCUT2D eigenvalue weighted by Crippen LogP contribution is -2.17. The van der Waals surface area contributed by atoms with Crippen molar-refractivity contribution in [2.45, 2.75) is 12.1 Å². The summed E-state index contributed by atoms with van der Waals surface area (Å²) in [6.07, 6.45) is 3.35. The van der Waals surface area contributed by atoms with E-state index in [0.29, 0.717) is 38.8 Å². The number of hydrogen-bond donors (Lipinski definition) is 2. The largest absolute Gasteiger partial charge is 0.370 e. The highest BCUT2D eigenvalue weighted by atomic mass is 35.5. The molecule has 0 saturated heterocycles. The van der Waals surface area contributed by atoms with Crippen molar-refractivity contribution < 1.29 is 4.79 Å². The Morgan fingerprint density at radius 1 is 1.32 bits per heavy atom. The summed E-state index contributed by atoms with van der Waals surface area (Å²) in [5.41, 5.74) is 0.697. The van der Waals surface area contributed by atoms with Gasteiger partial charge >= 0.3 is 0 Å². The van der Waals surface area contributed by atoms with E-state index >= 15 is 0 Å². The van der Waals surface area contributed by atoms with Gasteiger partial charge in [0.2, 0.25) is 0 Å². The minimum Gasteiger partial charge on any atom is -0.370 e. The van der Waals surface area contributed by atoms with Crippen LogP contribution in [0.2, 0.25) is 10.0 Å². The van der Waals surface area contributed by atoms with Gasteiger partial charge in [-0.3, -0.25) is 4.79 Å². The van der Waals surface area contributed by atoms with Crippen LogP contribution in [0.3, 0.4) is 0 Å². The molecule has 116 valence electrons. The maximum absolute atomic E-state index is 12.5. The Kier molecular flexibility index (Phi) is 5.88. The van der Waals surface area contributed by atoms with E-state index < -0.39 is 0 Å². The van der Waals surface area contributed by atoms with Gasteiger partial charge in [0, 0.05) is 12.7 Å². The van der Waals surface area contributed by atoms with Gasteiger partial charge in [-0.1, -0.05) is 41.0 Å². The average molecular weight is 357 g/mol. The van der Waals surface area contributed by atoms with Crippen molar-refractivity contribution in [3.8, 4) is 0 Å². The number of hydrogen-bond acceptors (Lipinski definition) is 5. The summed E-state index contributed by atoms with van der Waals surface area (Å²) >= 11 is 13.5. The zero-order chi connectivity index (χ0) is 16.1. The second-order valence-corrected chi connectivity index (χ2v) is 5.79. The normalized spacial score (nSPS) is 10.4. The van der Waals surface area contributed by atoms with Gasteiger partial charge in [-0.25, -0.2) is 9.97 Å². The maximum atomic E-state index is 12.5. The summed E-state index contributed by atoms with van der Waals surface area (Å²) in [7, 11) is 0. The number of aromatic nitrogens is 2. The van der Waals surface area contributed by atoms with Crippen molar-refractivity contribution in [3.05, 3.63) is 40.0 Å². The van der Waals surface area contributed by atoms with Crippen LogP contribution in [-0.4, -0.2) is 28.7 Å². The fraction of sp³-hybridized carbons (Fsp3) is 0.214. The van der Waals surface area contributed by atoms with Gasteiger partial charge in [-0.2, -0.15) is 0 Å². The summed E-state index contributed by atoms with van der Waals surface area (Å²) < 4.78 is 0. The van der Waals surface area contributed by atoms with Crippen LogP contribution in [0, 0.1) is 0 Å². The van der Waals surface area contributed by atoms with E-state index in [2.05, 4.69) is 20.6 Å². The third-order valence-electron chi connectivity index (χ3n) is 2.74. The predicted octanol–water partition coefficient (Wildman–Crippen LogP) is 4.19. The Bertz CT molecular complexity index is 676. The van der Waals surface area contributed by atoms with E-state index in [1.54, 1.807) is 18.2 Å². The van der Waals surface area contributed by atoms with Crippen molar-refractivity contribution in [2.75, 3.05) is 23.4 Å². The molecule has 2 aromatic rings. The van der Waals surface area contributed by atoms with Gasteiger partial charge in [0.15, 0.2) is 5.16 Å². The summed E-state index contributed by atoms with van der Waals surface area (Å²) in [5, 5.41) is 7.08. The van der Waals surface area contributed by atoms with Crippen molar-refractivity contribution in [2.24, 2.45) is 0 Å². The smallest absolute Gasteiger partial charge is 0.261 e. The second kappa shape index (κ2) is 7.67. The number of benzene rings is 1. The van der Waals surface area contributed by atoms with Crippen LogP contribution in [0.15, 0.2) is 29.6 Å². The molecule has 0 saturated carbocycles. The molecule has 0 unspecified atom stereocenters. The highest BCUT2D eigenvalue weighted by Gasteiger charge is 2.17. The molecule has 1 aromatic carbocycles. The Labute approximate surface area is 142 Å². The molecule has 0 spiro atoms. The number of amides is 1. The van der Waals surface area contributed by atoms with Crippen LogP contribution < -0.4 is 10.6 Å². The highest BCUT2D eigenvalue weighted by Crippen LogP contribution is 2.30. The Morgan fingerprint density at radius 2 is 2.00 bits per heavy atom. The summed E-state index contributed by atoms with van der Waals surface area (Å²) in [4.78, 5) is 20.9. The topological polar surface area (TPSA) is 66.9 Å². The average Bonchev–Trinajstić information content (AvgIpc) is 2.51. The monoisotopic (exact) mass is 356 g/mol. The van der Waals surface area contributed by atoms with E-state index in [9.17, 15) is 4.79 Å². The van der Waals surface area contributed by atoms with E-state index in [4.69, 9.17) is 23.2 Å². The third kappa shape index (κ3) is 3.82. The highest BCUT2D eigenvalue weighted by molar-refractivity contribution is 7.98.